The molecule has 1 aromatic carbocycles. The first kappa shape index (κ1) is 16.6. The Morgan fingerprint density at radius 1 is 1.37 bits per heavy atom. The van der Waals surface area contributed by atoms with Crippen molar-refractivity contribution in [1.82, 2.24) is 10.2 Å². The van der Waals surface area contributed by atoms with Gasteiger partial charge in [0.1, 0.15) is 5.82 Å². The molecule has 1 aromatic rings. The molecule has 0 saturated heterocycles. The number of hydrogen-bond donors (Lipinski definition) is 2. The Bertz CT molecular complexity index is 383. The van der Waals surface area contributed by atoms with Crippen molar-refractivity contribution in [3.8, 4) is 0 Å². The summed E-state index contributed by atoms with van der Waals surface area (Å²) in [6, 6.07) is 4.81. The highest BCUT2D eigenvalue weighted by Crippen LogP contribution is 2.21. The molecule has 0 amide bonds. The number of nitrogens with zero attached hydrogens (tertiary/aromatic N) is 1. The van der Waals surface area contributed by atoms with Crippen LogP contribution in [0.25, 0.3) is 0 Å². The maximum absolute atomic E-state index is 13.8. The Morgan fingerprint density at radius 3 is 2.63 bits per heavy atom. The Balaban J connectivity index is 2.60. The number of benzene rings is 1. The number of nitrogens with one attached hydrogen (secondary N) is 1. The molecule has 3 N–H and O–H groups in total. The summed E-state index contributed by atoms with van der Waals surface area (Å²) < 4.78 is 14.7. The fourth-order valence-corrected chi connectivity index (χ4v) is 2.42. The van der Waals surface area contributed by atoms with Gasteiger partial charge < -0.3 is 16.0 Å². The van der Waals surface area contributed by atoms with Crippen LogP contribution in [0.2, 0.25) is 0 Å². The van der Waals surface area contributed by atoms with Gasteiger partial charge in [0, 0.05) is 35.7 Å². The molecule has 0 aliphatic carbocycles. The van der Waals surface area contributed by atoms with Crippen LogP contribution >= 0.6 is 15.9 Å². The summed E-state index contributed by atoms with van der Waals surface area (Å²) in [6.45, 7) is 8.45. The first-order valence-electron chi connectivity index (χ1n) is 6.73. The van der Waals surface area contributed by atoms with Crippen molar-refractivity contribution in [3.05, 3.63) is 34.1 Å². The van der Waals surface area contributed by atoms with E-state index in [0.29, 0.717) is 12.1 Å². The van der Waals surface area contributed by atoms with E-state index >= 15 is 0 Å². The van der Waals surface area contributed by atoms with Crippen LogP contribution in [0, 0.1) is 5.82 Å². The zero-order chi connectivity index (χ0) is 14.3. The lowest BCUT2D eigenvalue weighted by Crippen LogP contribution is -2.36. The van der Waals surface area contributed by atoms with Gasteiger partial charge in [-0.05, 0) is 31.3 Å². The molecule has 108 valence electrons. The molecule has 0 aliphatic heterocycles. The van der Waals surface area contributed by atoms with Crippen LogP contribution in [0.1, 0.15) is 25.5 Å². The maximum Gasteiger partial charge on any atom is 0.128 e. The van der Waals surface area contributed by atoms with E-state index in [1.807, 2.05) is 0 Å². The average molecular weight is 332 g/mol. The van der Waals surface area contributed by atoms with E-state index in [4.69, 9.17) is 5.73 Å². The molecule has 0 spiro atoms. The molecule has 0 aromatic heterocycles. The van der Waals surface area contributed by atoms with Crippen molar-refractivity contribution >= 4 is 15.9 Å². The Morgan fingerprint density at radius 2 is 2.05 bits per heavy atom. The number of rotatable bonds is 8. The quantitative estimate of drug-likeness (QED) is 0.769. The van der Waals surface area contributed by atoms with Crippen molar-refractivity contribution in [2.75, 3.05) is 32.7 Å². The second-order valence-electron chi connectivity index (χ2n) is 4.44. The van der Waals surface area contributed by atoms with Crippen LogP contribution in [-0.2, 0) is 0 Å². The Kier molecular flexibility index (Phi) is 7.53. The third-order valence-electron chi connectivity index (χ3n) is 3.28. The molecule has 0 radical (unpaired) electrons. The number of halogens is 2. The van der Waals surface area contributed by atoms with Gasteiger partial charge in [0.15, 0.2) is 0 Å². The molecule has 0 aliphatic rings. The monoisotopic (exact) mass is 331 g/mol. The molecule has 0 heterocycles. The number of hydrogen-bond acceptors (Lipinski definition) is 3. The van der Waals surface area contributed by atoms with E-state index in [9.17, 15) is 4.39 Å². The van der Waals surface area contributed by atoms with Crippen molar-refractivity contribution < 1.29 is 4.39 Å². The predicted molar refractivity (Wildman–Crippen MR) is 81.7 cm³/mol. The average Bonchev–Trinajstić information content (AvgIpc) is 2.42. The summed E-state index contributed by atoms with van der Waals surface area (Å²) in [4.78, 5) is 2.32. The molecule has 1 unspecified atom stereocenters. The molecule has 1 atom stereocenters. The summed E-state index contributed by atoms with van der Waals surface area (Å²) in [7, 11) is 0. The maximum atomic E-state index is 13.8. The lowest BCUT2D eigenvalue weighted by atomic mass is 10.1. The van der Waals surface area contributed by atoms with E-state index in [0.717, 1.165) is 30.7 Å². The number of nitrogens with two attached hydrogens (primary N) is 1. The molecule has 19 heavy (non-hydrogen) atoms. The van der Waals surface area contributed by atoms with Gasteiger partial charge in [0.2, 0.25) is 0 Å². The van der Waals surface area contributed by atoms with Crippen LogP contribution in [0.4, 0.5) is 4.39 Å². The van der Waals surface area contributed by atoms with E-state index in [1.165, 1.54) is 6.07 Å². The minimum absolute atomic E-state index is 0.145. The van der Waals surface area contributed by atoms with Gasteiger partial charge in [-0.3, -0.25) is 0 Å². The van der Waals surface area contributed by atoms with Gasteiger partial charge >= 0.3 is 0 Å². The third-order valence-corrected chi connectivity index (χ3v) is 3.78. The highest BCUT2D eigenvalue weighted by molar-refractivity contribution is 9.10. The molecule has 0 bridgehead atoms. The first-order chi connectivity index (χ1) is 9.12. The Labute approximate surface area is 123 Å². The van der Waals surface area contributed by atoms with E-state index in [1.54, 1.807) is 12.1 Å². The van der Waals surface area contributed by atoms with Crippen molar-refractivity contribution in [2.24, 2.45) is 5.73 Å². The van der Waals surface area contributed by atoms with Crippen molar-refractivity contribution in [3.63, 3.8) is 0 Å². The summed E-state index contributed by atoms with van der Waals surface area (Å²) in [5.74, 6) is -0.214. The van der Waals surface area contributed by atoms with Gasteiger partial charge in [-0.15, -0.1) is 0 Å². The first-order valence-corrected chi connectivity index (χ1v) is 7.52. The summed E-state index contributed by atoms with van der Waals surface area (Å²) in [5.41, 5.74) is 6.37. The van der Waals surface area contributed by atoms with Gasteiger partial charge in [-0.1, -0.05) is 29.8 Å². The van der Waals surface area contributed by atoms with E-state index in [-0.39, 0.29) is 11.9 Å². The molecule has 3 nitrogen and oxygen atoms in total. The van der Waals surface area contributed by atoms with Crippen LogP contribution in [0.3, 0.4) is 0 Å². The molecule has 1 rings (SSSR count). The van der Waals surface area contributed by atoms with Crippen molar-refractivity contribution in [2.45, 2.75) is 19.9 Å². The fourth-order valence-electron chi connectivity index (χ4n) is 2.04. The standard InChI is InChI=1S/C14H23BrFN3/c1-3-19(4-2)8-7-18-14(10-17)12-9-11(15)5-6-13(12)16/h5-6,9,14,18H,3-4,7-8,10,17H2,1-2H3. The largest absolute Gasteiger partial charge is 0.329 e. The Hall–Kier alpha value is -0.490. The molecule has 0 fully saturated rings. The van der Waals surface area contributed by atoms with Crippen LogP contribution in [0.15, 0.2) is 22.7 Å². The SMILES string of the molecule is CCN(CC)CCNC(CN)c1cc(Br)ccc1F. The lowest BCUT2D eigenvalue weighted by molar-refractivity contribution is 0.296. The predicted octanol–water partition coefficient (Wildman–Crippen LogP) is 2.52. The second-order valence-corrected chi connectivity index (χ2v) is 5.35. The molecular weight excluding hydrogens is 309 g/mol. The van der Waals surface area contributed by atoms with Crippen LogP contribution in [-0.4, -0.2) is 37.6 Å². The zero-order valence-corrected chi connectivity index (χ0v) is 13.2. The second kappa shape index (κ2) is 8.64. The van der Waals surface area contributed by atoms with Crippen LogP contribution < -0.4 is 11.1 Å². The summed E-state index contributed by atoms with van der Waals surface area (Å²) in [6.07, 6.45) is 0. The fraction of sp³-hybridized carbons (Fsp3) is 0.571. The van der Waals surface area contributed by atoms with Crippen LogP contribution in [0.5, 0.6) is 0 Å². The topological polar surface area (TPSA) is 41.3 Å². The van der Waals surface area contributed by atoms with E-state index < -0.39 is 0 Å². The summed E-state index contributed by atoms with van der Waals surface area (Å²) >= 11 is 3.36. The molecular formula is C14H23BrFN3. The number of likely N-dealkylation sites (N-methyl/N-ethyl adjacent to an activating group) is 1. The highest BCUT2D eigenvalue weighted by Gasteiger charge is 2.14. The third kappa shape index (κ3) is 5.18. The highest BCUT2D eigenvalue weighted by atomic mass is 79.9. The minimum atomic E-state index is -0.214. The molecule has 0 saturated carbocycles. The molecule has 5 heteroatoms. The zero-order valence-electron chi connectivity index (χ0n) is 11.6. The summed E-state index contributed by atoms with van der Waals surface area (Å²) in [5, 5.41) is 3.33. The lowest BCUT2D eigenvalue weighted by Gasteiger charge is -2.22. The van der Waals surface area contributed by atoms with Crippen molar-refractivity contribution in [1.29, 1.82) is 0 Å². The normalized spacial score (nSPS) is 12.9. The van der Waals surface area contributed by atoms with E-state index in [2.05, 4.69) is 40.0 Å². The minimum Gasteiger partial charge on any atom is -0.329 e. The smallest absolute Gasteiger partial charge is 0.128 e. The van der Waals surface area contributed by atoms with Gasteiger partial charge in [0.05, 0.1) is 0 Å². The van der Waals surface area contributed by atoms with Gasteiger partial charge in [-0.2, -0.15) is 0 Å². The van der Waals surface area contributed by atoms with Gasteiger partial charge in [-0.25, -0.2) is 4.39 Å². The van der Waals surface area contributed by atoms with Gasteiger partial charge in [0.25, 0.3) is 0 Å².